The molecule has 5 nitrogen and oxygen atoms in total. The summed E-state index contributed by atoms with van der Waals surface area (Å²) in [7, 11) is 0. The van der Waals surface area contributed by atoms with Crippen LogP contribution in [0.3, 0.4) is 0 Å². The van der Waals surface area contributed by atoms with E-state index < -0.39 is 0 Å². The Labute approximate surface area is 178 Å². The lowest BCUT2D eigenvalue weighted by Crippen LogP contribution is -2.11. The molecule has 0 aliphatic rings. The van der Waals surface area contributed by atoms with Crippen molar-refractivity contribution >= 4 is 51.8 Å². The quantitative estimate of drug-likeness (QED) is 0.392. The lowest BCUT2D eigenvalue weighted by Gasteiger charge is -2.06. The summed E-state index contributed by atoms with van der Waals surface area (Å²) in [5.41, 5.74) is 2.74. The van der Waals surface area contributed by atoms with Crippen LogP contribution in [0.15, 0.2) is 89.4 Å². The zero-order chi connectivity index (χ0) is 20.9. The first kappa shape index (κ1) is 19.5. The van der Waals surface area contributed by atoms with Crippen LogP contribution in [-0.2, 0) is 4.79 Å². The second kappa shape index (κ2) is 8.68. The molecule has 0 saturated carbocycles. The predicted molar refractivity (Wildman–Crippen MR) is 120 cm³/mol. The molecule has 2 N–H and O–H groups in total. The molecular weight excluding hydrogens is 400 g/mol. The normalized spacial score (nSPS) is 11.0. The number of carbonyl (C=O) groups excluding carboxylic acids is 2. The van der Waals surface area contributed by atoms with Crippen LogP contribution in [0, 0.1) is 0 Å². The summed E-state index contributed by atoms with van der Waals surface area (Å²) in [6, 6.07) is 23.1. The van der Waals surface area contributed by atoms with Gasteiger partial charge in [0.2, 0.25) is 5.91 Å². The maximum atomic E-state index is 12.4. The second-order valence-electron chi connectivity index (χ2n) is 6.55. The molecule has 0 aliphatic heterocycles. The Morgan fingerprint density at radius 1 is 0.833 bits per heavy atom. The van der Waals surface area contributed by atoms with Crippen molar-refractivity contribution in [1.29, 1.82) is 0 Å². The summed E-state index contributed by atoms with van der Waals surface area (Å²) in [6.45, 7) is 0. The third kappa shape index (κ3) is 4.77. The summed E-state index contributed by atoms with van der Waals surface area (Å²) in [5.74, 6) is -0.362. The summed E-state index contributed by atoms with van der Waals surface area (Å²) in [6.07, 6.45) is 3.15. The van der Waals surface area contributed by atoms with Gasteiger partial charge in [-0.3, -0.25) is 9.59 Å². The molecule has 2 amide bonds. The van der Waals surface area contributed by atoms with E-state index in [1.165, 1.54) is 6.08 Å². The Kier molecular flexibility index (Phi) is 5.63. The first-order chi connectivity index (χ1) is 14.6. The molecule has 30 heavy (non-hydrogen) atoms. The smallest absolute Gasteiger partial charge is 0.291 e. The fourth-order valence-electron chi connectivity index (χ4n) is 2.85. The van der Waals surface area contributed by atoms with Crippen LogP contribution < -0.4 is 10.6 Å². The number of anilines is 2. The molecule has 148 valence electrons. The van der Waals surface area contributed by atoms with E-state index in [9.17, 15) is 9.59 Å². The Morgan fingerprint density at radius 2 is 1.50 bits per heavy atom. The molecule has 0 atom stereocenters. The van der Waals surface area contributed by atoms with Crippen LogP contribution in [0.1, 0.15) is 16.1 Å². The number of amides is 2. The van der Waals surface area contributed by atoms with Gasteiger partial charge in [0.05, 0.1) is 0 Å². The minimum Gasteiger partial charge on any atom is -0.451 e. The van der Waals surface area contributed by atoms with Crippen molar-refractivity contribution in [1.82, 2.24) is 0 Å². The first-order valence-corrected chi connectivity index (χ1v) is 9.59. The Bertz CT molecular complexity index is 1190. The molecular formula is C24H17ClN2O3. The van der Waals surface area contributed by atoms with Crippen LogP contribution in [0.5, 0.6) is 0 Å². The third-order valence-electron chi connectivity index (χ3n) is 4.36. The number of hydrogen-bond donors (Lipinski definition) is 2. The molecule has 0 saturated heterocycles. The van der Waals surface area contributed by atoms with Gasteiger partial charge in [0.1, 0.15) is 5.58 Å². The van der Waals surface area contributed by atoms with Gasteiger partial charge in [-0.2, -0.15) is 0 Å². The summed E-state index contributed by atoms with van der Waals surface area (Å²) in [4.78, 5) is 24.5. The van der Waals surface area contributed by atoms with Crippen LogP contribution in [0.4, 0.5) is 11.4 Å². The van der Waals surface area contributed by atoms with E-state index in [1.54, 1.807) is 48.5 Å². The van der Waals surface area contributed by atoms with E-state index in [0.29, 0.717) is 22.0 Å². The molecule has 0 radical (unpaired) electrons. The maximum Gasteiger partial charge on any atom is 0.291 e. The number of furan rings is 1. The van der Waals surface area contributed by atoms with Crippen molar-refractivity contribution in [3.8, 4) is 0 Å². The molecule has 0 spiro atoms. The highest BCUT2D eigenvalue weighted by Gasteiger charge is 2.12. The van der Waals surface area contributed by atoms with E-state index in [0.717, 1.165) is 10.9 Å². The number of benzene rings is 3. The number of carbonyl (C=O) groups is 2. The largest absolute Gasteiger partial charge is 0.451 e. The highest BCUT2D eigenvalue weighted by molar-refractivity contribution is 6.30. The van der Waals surface area contributed by atoms with Gasteiger partial charge in [-0.25, -0.2) is 0 Å². The number of hydrogen-bond acceptors (Lipinski definition) is 3. The van der Waals surface area contributed by atoms with Crippen molar-refractivity contribution in [2.45, 2.75) is 0 Å². The van der Waals surface area contributed by atoms with Gasteiger partial charge in [-0.1, -0.05) is 41.9 Å². The zero-order valence-corrected chi connectivity index (χ0v) is 16.5. The third-order valence-corrected chi connectivity index (χ3v) is 4.61. The minimum atomic E-state index is -0.339. The zero-order valence-electron chi connectivity index (χ0n) is 15.8. The van der Waals surface area contributed by atoms with E-state index in [4.69, 9.17) is 16.0 Å². The molecule has 0 aliphatic carbocycles. The molecule has 0 bridgehead atoms. The van der Waals surface area contributed by atoms with Crippen molar-refractivity contribution in [3.05, 3.63) is 101 Å². The topological polar surface area (TPSA) is 71.3 Å². The lowest BCUT2D eigenvalue weighted by atomic mass is 10.2. The molecule has 1 aromatic heterocycles. The van der Waals surface area contributed by atoms with Crippen molar-refractivity contribution < 1.29 is 14.0 Å². The van der Waals surface area contributed by atoms with Crippen LogP contribution >= 0.6 is 11.6 Å². The number of nitrogens with one attached hydrogen (secondary N) is 2. The van der Waals surface area contributed by atoms with E-state index in [1.807, 2.05) is 36.4 Å². The van der Waals surface area contributed by atoms with Crippen LogP contribution in [0.2, 0.25) is 5.02 Å². The maximum absolute atomic E-state index is 12.4. The molecule has 0 fully saturated rings. The number of halogens is 1. The van der Waals surface area contributed by atoms with E-state index >= 15 is 0 Å². The standard InChI is InChI=1S/C24H17ClN2O3/c25-18-8-5-16(6-9-18)7-14-23(28)26-19-10-12-20(13-11-19)27-24(29)22-15-17-3-1-2-4-21(17)30-22/h1-15H,(H,26,28)(H,27,29)/b14-7+. The molecule has 4 aromatic rings. The van der Waals surface area contributed by atoms with Crippen molar-refractivity contribution in [2.75, 3.05) is 10.6 Å². The summed E-state index contributed by atoms with van der Waals surface area (Å²) >= 11 is 5.84. The fourth-order valence-corrected chi connectivity index (χ4v) is 2.98. The van der Waals surface area contributed by atoms with Gasteiger partial charge < -0.3 is 15.1 Å². The second-order valence-corrected chi connectivity index (χ2v) is 6.99. The first-order valence-electron chi connectivity index (χ1n) is 9.21. The highest BCUT2D eigenvalue weighted by Crippen LogP contribution is 2.20. The molecule has 1 heterocycles. The highest BCUT2D eigenvalue weighted by atomic mass is 35.5. The van der Waals surface area contributed by atoms with Crippen molar-refractivity contribution in [2.24, 2.45) is 0 Å². The summed E-state index contributed by atoms with van der Waals surface area (Å²) < 4.78 is 5.56. The van der Waals surface area contributed by atoms with Gasteiger partial charge in [0.15, 0.2) is 5.76 Å². The van der Waals surface area contributed by atoms with E-state index in [2.05, 4.69) is 10.6 Å². The average Bonchev–Trinajstić information content (AvgIpc) is 3.19. The molecule has 3 aromatic carbocycles. The average molecular weight is 417 g/mol. The van der Waals surface area contributed by atoms with Crippen LogP contribution in [-0.4, -0.2) is 11.8 Å². The van der Waals surface area contributed by atoms with Gasteiger partial charge >= 0.3 is 0 Å². The predicted octanol–water partition coefficient (Wildman–Crippen LogP) is 5.99. The van der Waals surface area contributed by atoms with Crippen LogP contribution in [0.25, 0.3) is 17.0 Å². The number of fused-ring (bicyclic) bond motifs is 1. The molecule has 6 heteroatoms. The minimum absolute atomic E-state index is 0.237. The SMILES string of the molecule is O=C(/C=C/c1ccc(Cl)cc1)Nc1ccc(NC(=O)c2cc3ccccc3o2)cc1. The lowest BCUT2D eigenvalue weighted by molar-refractivity contribution is -0.111. The number of rotatable bonds is 5. The van der Waals surface area contributed by atoms with Gasteiger partial charge in [-0.15, -0.1) is 0 Å². The Morgan fingerprint density at radius 3 is 2.20 bits per heavy atom. The molecule has 4 rings (SSSR count). The van der Waals surface area contributed by atoms with Crippen molar-refractivity contribution in [3.63, 3.8) is 0 Å². The molecule has 0 unspecified atom stereocenters. The van der Waals surface area contributed by atoms with Gasteiger partial charge in [0.25, 0.3) is 5.91 Å². The monoisotopic (exact) mass is 416 g/mol. The van der Waals surface area contributed by atoms with Gasteiger partial charge in [0, 0.05) is 27.9 Å². The summed E-state index contributed by atoms with van der Waals surface area (Å²) in [5, 5.41) is 7.06. The Hall–Kier alpha value is -3.83. The van der Waals surface area contributed by atoms with E-state index in [-0.39, 0.29) is 17.6 Å². The Balaban J connectivity index is 1.35. The fraction of sp³-hybridized carbons (Fsp3) is 0. The number of para-hydroxylation sites is 1. The van der Waals surface area contributed by atoms with Gasteiger partial charge in [-0.05, 0) is 60.2 Å².